The number of carbonyl (C=O) groups is 1. The molecule has 0 spiro atoms. The number of fused-ring (bicyclic) bond motifs is 1. The van der Waals surface area contributed by atoms with Crippen molar-refractivity contribution in [2.45, 2.75) is 6.54 Å². The highest BCUT2D eigenvalue weighted by Crippen LogP contribution is 2.29. The first-order valence-electron chi connectivity index (χ1n) is 10.6. The van der Waals surface area contributed by atoms with Crippen LogP contribution < -0.4 is 0 Å². The van der Waals surface area contributed by atoms with Crippen LogP contribution in [0.15, 0.2) is 97.1 Å². The molecule has 5 heteroatoms. The number of esters is 1. The summed E-state index contributed by atoms with van der Waals surface area (Å²) in [4.78, 5) is 17.0. The lowest BCUT2D eigenvalue weighted by Gasteiger charge is -2.12. The van der Waals surface area contributed by atoms with Gasteiger partial charge in [0.1, 0.15) is 5.82 Å². The molecule has 0 aliphatic heterocycles. The highest BCUT2D eigenvalue weighted by atomic mass is 35.5. The number of benzene rings is 4. The number of rotatable bonds is 5. The normalized spacial score (nSPS) is 11.0. The minimum absolute atomic E-state index is 0.342. The molecule has 4 nitrogen and oxygen atoms in total. The van der Waals surface area contributed by atoms with Crippen molar-refractivity contribution < 1.29 is 9.53 Å². The van der Waals surface area contributed by atoms with E-state index in [2.05, 4.69) is 22.8 Å². The Morgan fingerprint density at radius 2 is 1.64 bits per heavy atom. The van der Waals surface area contributed by atoms with Crippen LogP contribution in [-0.2, 0) is 11.3 Å². The Balaban J connectivity index is 1.53. The van der Waals surface area contributed by atoms with Crippen molar-refractivity contribution in [1.29, 1.82) is 0 Å². The maximum atomic E-state index is 12.2. The summed E-state index contributed by atoms with van der Waals surface area (Å²) in [6.07, 6.45) is 0. The summed E-state index contributed by atoms with van der Waals surface area (Å²) < 4.78 is 7.14. The standard InChI is InChI=1S/C28H21ClN2O2/c1-33-28(32)24-10-3-2-9-23(24)20-15-13-19(14-16-20)18-31-26-12-5-4-11-25(26)30-27(31)21-7-6-8-22(29)17-21/h2-17H,18H2,1H3. The zero-order chi connectivity index (χ0) is 22.8. The zero-order valence-electron chi connectivity index (χ0n) is 18.0. The number of halogens is 1. The first-order valence-corrected chi connectivity index (χ1v) is 11.0. The van der Waals surface area contributed by atoms with E-state index in [1.807, 2.05) is 72.8 Å². The zero-order valence-corrected chi connectivity index (χ0v) is 18.8. The number of aromatic nitrogens is 2. The minimum atomic E-state index is -0.342. The third-order valence-corrected chi connectivity index (χ3v) is 5.91. The largest absolute Gasteiger partial charge is 0.465 e. The number of imidazole rings is 1. The van der Waals surface area contributed by atoms with Gasteiger partial charge < -0.3 is 9.30 Å². The van der Waals surface area contributed by atoms with Crippen LogP contribution in [-0.4, -0.2) is 22.6 Å². The van der Waals surface area contributed by atoms with Gasteiger partial charge in [-0.2, -0.15) is 0 Å². The SMILES string of the molecule is COC(=O)c1ccccc1-c1ccc(Cn2c(-c3cccc(Cl)c3)nc3ccccc32)cc1. The average Bonchev–Trinajstić information content (AvgIpc) is 3.22. The quantitative estimate of drug-likeness (QED) is 0.273. The molecule has 0 N–H and O–H groups in total. The predicted octanol–water partition coefficient (Wildman–Crippen LogP) is 6.86. The van der Waals surface area contributed by atoms with E-state index in [1.54, 1.807) is 6.07 Å². The third kappa shape index (κ3) is 4.13. The third-order valence-electron chi connectivity index (χ3n) is 5.68. The first-order chi connectivity index (χ1) is 16.1. The Morgan fingerprint density at radius 1 is 0.879 bits per heavy atom. The topological polar surface area (TPSA) is 44.1 Å². The molecule has 5 rings (SSSR count). The van der Waals surface area contributed by atoms with Gasteiger partial charge in [-0.25, -0.2) is 9.78 Å². The van der Waals surface area contributed by atoms with E-state index in [-0.39, 0.29) is 5.97 Å². The lowest BCUT2D eigenvalue weighted by Crippen LogP contribution is -2.04. The summed E-state index contributed by atoms with van der Waals surface area (Å²) in [7, 11) is 1.40. The van der Waals surface area contributed by atoms with Crippen LogP contribution in [0.2, 0.25) is 5.02 Å². The molecule has 0 amide bonds. The Hall–Kier alpha value is -3.89. The molecule has 1 aromatic heterocycles. The Labute approximate surface area is 197 Å². The van der Waals surface area contributed by atoms with Crippen LogP contribution in [0.25, 0.3) is 33.5 Å². The van der Waals surface area contributed by atoms with Gasteiger partial charge in [-0.3, -0.25) is 0 Å². The van der Waals surface area contributed by atoms with Crippen molar-refractivity contribution in [2.75, 3.05) is 7.11 Å². The number of nitrogens with zero attached hydrogens (tertiary/aromatic N) is 2. The summed E-state index contributed by atoms with van der Waals surface area (Å²) in [5, 5.41) is 0.680. The molecule has 0 unspecified atom stereocenters. The second-order valence-electron chi connectivity index (χ2n) is 7.75. The number of hydrogen-bond acceptors (Lipinski definition) is 3. The molecule has 0 aliphatic carbocycles. The molecule has 0 radical (unpaired) electrons. The lowest BCUT2D eigenvalue weighted by molar-refractivity contribution is 0.0601. The number of para-hydroxylation sites is 2. The second kappa shape index (κ2) is 8.93. The number of carbonyl (C=O) groups excluding carboxylic acids is 1. The molecule has 5 aromatic rings. The highest BCUT2D eigenvalue weighted by molar-refractivity contribution is 6.30. The number of methoxy groups -OCH3 is 1. The highest BCUT2D eigenvalue weighted by Gasteiger charge is 2.15. The van der Waals surface area contributed by atoms with Crippen LogP contribution >= 0.6 is 11.6 Å². The van der Waals surface area contributed by atoms with Crippen LogP contribution in [0.5, 0.6) is 0 Å². The molecule has 0 saturated heterocycles. The molecule has 0 aliphatic rings. The van der Waals surface area contributed by atoms with Gasteiger partial charge in [0.25, 0.3) is 0 Å². The molecule has 0 fully saturated rings. The Bertz CT molecular complexity index is 1450. The lowest BCUT2D eigenvalue weighted by atomic mass is 9.98. The fourth-order valence-corrected chi connectivity index (χ4v) is 4.27. The molecular weight excluding hydrogens is 432 g/mol. The van der Waals surface area contributed by atoms with Crippen molar-refractivity contribution in [2.24, 2.45) is 0 Å². The van der Waals surface area contributed by atoms with E-state index in [0.717, 1.165) is 39.1 Å². The first kappa shape index (κ1) is 21.0. The molecule has 0 bridgehead atoms. The van der Waals surface area contributed by atoms with Crippen molar-refractivity contribution in [3.05, 3.63) is 113 Å². The van der Waals surface area contributed by atoms with Gasteiger partial charge in [0.15, 0.2) is 0 Å². The van der Waals surface area contributed by atoms with Gasteiger partial charge in [-0.05, 0) is 47.0 Å². The molecule has 1 heterocycles. The van der Waals surface area contributed by atoms with E-state index in [1.165, 1.54) is 7.11 Å². The van der Waals surface area contributed by atoms with Crippen molar-refractivity contribution >= 4 is 28.6 Å². The second-order valence-corrected chi connectivity index (χ2v) is 8.19. The summed E-state index contributed by atoms with van der Waals surface area (Å²) in [5.74, 6) is 0.532. The van der Waals surface area contributed by atoms with Gasteiger partial charge in [0.05, 0.1) is 23.7 Å². The monoisotopic (exact) mass is 452 g/mol. The molecule has 0 saturated carbocycles. The van der Waals surface area contributed by atoms with Gasteiger partial charge >= 0.3 is 5.97 Å². The van der Waals surface area contributed by atoms with Crippen LogP contribution in [0.3, 0.4) is 0 Å². The fraction of sp³-hybridized carbons (Fsp3) is 0.0714. The van der Waals surface area contributed by atoms with E-state index in [0.29, 0.717) is 17.1 Å². The van der Waals surface area contributed by atoms with Gasteiger partial charge in [-0.1, -0.05) is 78.3 Å². The summed E-state index contributed by atoms with van der Waals surface area (Å²) >= 11 is 6.26. The number of ether oxygens (including phenoxy) is 1. The van der Waals surface area contributed by atoms with Crippen LogP contribution in [0.4, 0.5) is 0 Å². The van der Waals surface area contributed by atoms with Gasteiger partial charge in [-0.15, -0.1) is 0 Å². The molecular formula is C28H21ClN2O2. The van der Waals surface area contributed by atoms with Crippen LogP contribution in [0, 0.1) is 0 Å². The van der Waals surface area contributed by atoms with E-state index >= 15 is 0 Å². The Morgan fingerprint density at radius 3 is 2.42 bits per heavy atom. The van der Waals surface area contributed by atoms with E-state index < -0.39 is 0 Å². The van der Waals surface area contributed by atoms with Crippen molar-refractivity contribution in [1.82, 2.24) is 9.55 Å². The van der Waals surface area contributed by atoms with Crippen LogP contribution in [0.1, 0.15) is 15.9 Å². The molecule has 162 valence electrons. The predicted molar refractivity (Wildman–Crippen MR) is 132 cm³/mol. The number of hydrogen-bond donors (Lipinski definition) is 0. The molecule has 4 aromatic carbocycles. The van der Waals surface area contributed by atoms with Gasteiger partial charge in [0, 0.05) is 17.1 Å². The molecule has 0 atom stereocenters. The Kier molecular flexibility index (Phi) is 5.68. The summed E-state index contributed by atoms with van der Waals surface area (Å²) in [5.41, 5.74) is 6.47. The summed E-state index contributed by atoms with van der Waals surface area (Å²) in [6.45, 7) is 0.654. The van der Waals surface area contributed by atoms with E-state index in [9.17, 15) is 4.79 Å². The average molecular weight is 453 g/mol. The van der Waals surface area contributed by atoms with Crippen molar-refractivity contribution in [3.8, 4) is 22.5 Å². The molecule has 33 heavy (non-hydrogen) atoms. The summed E-state index contributed by atoms with van der Waals surface area (Å²) in [6, 6.07) is 31.6. The fourth-order valence-electron chi connectivity index (χ4n) is 4.08. The van der Waals surface area contributed by atoms with Crippen molar-refractivity contribution in [3.63, 3.8) is 0 Å². The minimum Gasteiger partial charge on any atom is -0.465 e. The van der Waals surface area contributed by atoms with Gasteiger partial charge in [0.2, 0.25) is 0 Å². The maximum Gasteiger partial charge on any atom is 0.338 e. The smallest absolute Gasteiger partial charge is 0.338 e. The van der Waals surface area contributed by atoms with E-state index in [4.69, 9.17) is 21.3 Å². The maximum absolute atomic E-state index is 12.2.